The van der Waals surface area contributed by atoms with Gasteiger partial charge in [-0.15, -0.1) is 0 Å². The van der Waals surface area contributed by atoms with Crippen molar-refractivity contribution in [2.75, 3.05) is 0 Å². The van der Waals surface area contributed by atoms with Gasteiger partial charge in [0.15, 0.2) is 0 Å². The molecule has 0 aliphatic heterocycles. The standard InChI is InChI=1S/C6H7B.K.H/c7-6-4-2-1-3-5-6;;/h1-5H,7H2;;. The van der Waals surface area contributed by atoms with Gasteiger partial charge in [0.25, 0.3) is 0 Å². The molecule has 0 nitrogen and oxygen atoms in total. The third kappa shape index (κ3) is 3.05. The fourth-order valence-corrected chi connectivity index (χ4v) is 0.534. The maximum absolute atomic E-state index is 2.08. The molecule has 0 atom stereocenters. The van der Waals surface area contributed by atoms with Gasteiger partial charge in [-0.2, -0.15) is 0 Å². The monoisotopic (exact) mass is 130 g/mol. The van der Waals surface area contributed by atoms with Crippen molar-refractivity contribution in [1.82, 2.24) is 0 Å². The van der Waals surface area contributed by atoms with E-state index in [1.807, 2.05) is 18.2 Å². The molecule has 0 saturated carbocycles. The van der Waals surface area contributed by atoms with E-state index in [2.05, 4.69) is 20.0 Å². The van der Waals surface area contributed by atoms with Crippen LogP contribution < -0.4 is 5.46 Å². The average Bonchev–Trinajstić information content (AvgIpc) is 1.69. The minimum absolute atomic E-state index is 0. The Morgan fingerprint density at radius 2 is 1.50 bits per heavy atom. The van der Waals surface area contributed by atoms with Crippen LogP contribution in [0, 0.1) is 0 Å². The summed E-state index contributed by atoms with van der Waals surface area (Å²) < 4.78 is 0. The van der Waals surface area contributed by atoms with Crippen LogP contribution in [0.1, 0.15) is 0 Å². The molecule has 0 unspecified atom stereocenters. The Morgan fingerprint density at radius 3 is 1.75 bits per heavy atom. The molecule has 0 aliphatic rings. The Hall–Kier alpha value is 0.921. The first kappa shape index (κ1) is 8.92. The molecule has 0 bridgehead atoms. The van der Waals surface area contributed by atoms with Gasteiger partial charge in [0.2, 0.25) is 0 Å². The topological polar surface area (TPSA) is 0 Å². The third-order valence-electron chi connectivity index (χ3n) is 0.940. The Kier molecular flexibility index (Phi) is 5.32. The molecular weight excluding hydrogens is 122 g/mol. The van der Waals surface area contributed by atoms with Crippen LogP contribution in [-0.4, -0.2) is 59.2 Å². The van der Waals surface area contributed by atoms with Crippen molar-refractivity contribution in [1.29, 1.82) is 0 Å². The molecule has 36 valence electrons. The summed E-state index contributed by atoms with van der Waals surface area (Å²) in [7, 11) is 2.08. The molecule has 0 saturated heterocycles. The molecule has 0 N–H and O–H groups in total. The normalized spacial score (nSPS) is 7.50. The van der Waals surface area contributed by atoms with Gasteiger partial charge in [-0.3, -0.25) is 0 Å². The Morgan fingerprint density at radius 1 is 1.00 bits per heavy atom. The van der Waals surface area contributed by atoms with Gasteiger partial charge in [0.1, 0.15) is 7.85 Å². The fraction of sp³-hybridized carbons (Fsp3) is 0. The van der Waals surface area contributed by atoms with E-state index in [1.54, 1.807) is 0 Å². The summed E-state index contributed by atoms with van der Waals surface area (Å²) in [6.07, 6.45) is 0. The van der Waals surface area contributed by atoms with Crippen molar-refractivity contribution in [3.05, 3.63) is 30.3 Å². The van der Waals surface area contributed by atoms with Crippen molar-refractivity contribution in [2.45, 2.75) is 0 Å². The number of benzene rings is 1. The molecule has 2 heteroatoms. The van der Waals surface area contributed by atoms with Crippen molar-refractivity contribution < 1.29 is 0 Å². The van der Waals surface area contributed by atoms with Crippen LogP contribution in [0.2, 0.25) is 0 Å². The van der Waals surface area contributed by atoms with Crippen molar-refractivity contribution in [3.8, 4) is 0 Å². The number of hydrogen-bond acceptors (Lipinski definition) is 0. The molecule has 8 heavy (non-hydrogen) atoms. The predicted molar refractivity (Wildman–Crippen MR) is 41.8 cm³/mol. The van der Waals surface area contributed by atoms with Crippen LogP contribution in [0.25, 0.3) is 0 Å². The first-order valence-corrected chi connectivity index (χ1v) is 2.41. The van der Waals surface area contributed by atoms with E-state index >= 15 is 0 Å². The Labute approximate surface area is 93.5 Å². The van der Waals surface area contributed by atoms with Gasteiger partial charge in [-0.1, -0.05) is 35.8 Å². The summed E-state index contributed by atoms with van der Waals surface area (Å²) in [5.41, 5.74) is 1.32. The summed E-state index contributed by atoms with van der Waals surface area (Å²) in [4.78, 5) is 0. The van der Waals surface area contributed by atoms with Crippen LogP contribution in [0.3, 0.4) is 0 Å². The number of hydrogen-bond donors (Lipinski definition) is 0. The summed E-state index contributed by atoms with van der Waals surface area (Å²) in [5, 5.41) is 0. The van der Waals surface area contributed by atoms with Crippen LogP contribution in [-0.2, 0) is 0 Å². The maximum atomic E-state index is 2.08. The molecule has 0 spiro atoms. The van der Waals surface area contributed by atoms with E-state index in [0.29, 0.717) is 0 Å². The zero-order valence-electron chi connectivity index (χ0n) is 4.39. The Bertz CT molecular complexity index is 138. The second-order valence-electron chi connectivity index (χ2n) is 1.65. The van der Waals surface area contributed by atoms with E-state index in [1.165, 1.54) is 5.46 Å². The second-order valence-corrected chi connectivity index (χ2v) is 1.65. The van der Waals surface area contributed by atoms with E-state index < -0.39 is 0 Å². The van der Waals surface area contributed by atoms with Gasteiger partial charge in [0.05, 0.1) is 0 Å². The average molecular weight is 130 g/mol. The fourth-order valence-electron chi connectivity index (χ4n) is 0.534. The van der Waals surface area contributed by atoms with Crippen LogP contribution in [0.5, 0.6) is 0 Å². The molecule has 1 aromatic rings. The summed E-state index contributed by atoms with van der Waals surface area (Å²) in [5.74, 6) is 0. The number of rotatable bonds is 0. The van der Waals surface area contributed by atoms with Crippen molar-refractivity contribution >= 4 is 64.7 Å². The predicted octanol–water partition coefficient (Wildman–Crippen LogP) is -0.704. The van der Waals surface area contributed by atoms with E-state index in [0.717, 1.165) is 0 Å². The van der Waals surface area contributed by atoms with Gasteiger partial charge >= 0.3 is 51.4 Å². The first-order chi connectivity index (χ1) is 3.39. The summed E-state index contributed by atoms with van der Waals surface area (Å²) >= 11 is 0. The molecule has 1 rings (SSSR count). The SMILES string of the molecule is Bc1ccccc1.[KH]. The minimum atomic E-state index is 0. The van der Waals surface area contributed by atoms with Gasteiger partial charge in [-0.25, -0.2) is 0 Å². The molecule has 1 aromatic carbocycles. The summed E-state index contributed by atoms with van der Waals surface area (Å²) in [6.45, 7) is 0. The second kappa shape index (κ2) is 4.77. The Balaban J connectivity index is 0.000000490. The van der Waals surface area contributed by atoms with Gasteiger partial charge < -0.3 is 0 Å². The molecule has 0 aromatic heterocycles. The van der Waals surface area contributed by atoms with E-state index in [-0.39, 0.29) is 51.4 Å². The summed E-state index contributed by atoms with van der Waals surface area (Å²) in [6, 6.07) is 10.3. The van der Waals surface area contributed by atoms with Gasteiger partial charge in [0, 0.05) is 0 Å². The molecule has 0 radical (unpaired) electrons. The van der Waals surface area contributed by atoms with E-state index in [9.17, 15) is 0 Å². The van der Waals surface area contributed by atoms with Crippen LogP contribution >= 0.6 is 0 Å². The zero-order valence-corrected chi connectivity index (χ0v) is 4.39. The van der Waals surface area contributed by atoms with E-state index in [4.69, 9.17) is 0 Å². The quantitative estimate of drug-likeness (QED) is 0.407. The van der Waals surface area contributed by atoms with Gasteiger partial charge in [-0.05, 0) is 0 Å². The third-order valence-corrected chi connectivity index (χ3v) is 0.940. The molecular formula is C6H8BK. The van der Waals surface area contributed by atoms with Crippen molar-refractivity contribution in [2.24, 2.45) is 0 Å². The molecule has 0 amide bonds. The molecule has 0 heterocycles. The van der Waals surface area contributed by atoms with Crippen molar-refractivity contribution in [3.63, 3.8) is 0 Å². The van der Waals surface area contributed by atoms with Crippen LogP contribution in [0.4, 0.5) is 0 Å². The zero-order chi connectivity index (χ0) is 5.11. The molecule has 0 fully saturated rings. The first-order valence-electron chi connectivity index (χ1n) is 2.41. The molecule has 0 aliphatic carbocycles. The van der Waals surface area contributed by atoms with Crippen LogP contribution in [0.15, 0.2) is 30.3 Å².